The van der Waals surface area contributed by atoms with Crippen LogP contribution in [-0.2, 0) is 27.7 Å². The summed E-state index contributed by atoms with van der Waals surface area (Å²) in [6.45, 7) is 0. The van der Waals surface area contributed by atoms with E-state index >= 15 is 0 Å². The number of rotatable bonds is 2. The molecule has 1 fully saturated rings. The van der Waals surface area contributed by atoms with Crippen LogP contribution in [0.3, 0.4) is 0 Å². The van der Waals surface area contributed by atoms with Crippen molar-refractivity contribution in [2.24, 2.45) is 0 Å². The average molecular weight is 533 g/mol. The molecule has 0 radical (unpaired) electrons. The maximum atomic E-state index is 3.83. The number of hydrogen-bond donors (Lipinski definition) is 0. The van der Waals surface area contributed by atoms with E-state index in [1.54, 1.807) is 12.1 Å². The summed E-state index contributed by atoms with van der Waals surface area (Å²) in [5, 5.41) is 0. The number of allylic oxidation sites excluding steroid dienone is 4. The Labute approximate surface area is 173 Å². The minimum absolute atomic E-state index is 1.11. The van der Waals surface area contributed by atoms with Crippen LogP contribution in [0.5, 0.6) is 0 Å². The SMILES string of the molecule is Brc1ccc2c(c1)-c1cc(Br)c[c]([Zr]([C]3=CC=CC3)=[C]3CCC3)c1C2. The molecule has 0 nitrogen and oxygen atoms in total. The number of halogens is 2. The van der Waals surface area contributed by atoms with Crippen LogP contribution in [0.2, 0.25) is 0 Å². The minimum atomic E-state index is -1.90. The Morgan fingerprint density at radius 2 is 1.76 bits per heavy atom. The molecule has 0 bridgehead atoms. The molecule has 3 aliphatic rings. The van der Waals surface area contributed by atoms with E-state index in [9.17, 15) is 0 Å². The zero-order valence-electron chi connectivity index (χ0n) is 13.9. The molecule has 2 aromatic rings. The van der Waals surface area contributed by atoms with Gasteiger partial charge >= 0.3 is 175 Å². The molecule has 2 aromatic carbocycles. The zero-order valence-corrected chi connectivity index (χ0v) is 19.5. The summed E-state index contributed by atoms with van der Waals surface area (Å²) in [6.07, 6.45) is 13.5. The molecular weight excluding hydrogens is 515 g/mol. The second-order valence-corrected chi connectivity index (χ2v) is 15.4. The fourth-order valence-electron chi connectivity index (χ4n) is 4.26. The van der Waals surface area contributed by atoms with Crippen molar-refractivity contribution in [1.29, 1.82) is 0 Å². The molecule has 0 unspecified atom stereocenters. The fourth-order valence-corrected chi connectivity index (χ4v) is 14.1. The molecule has 0 amide bonds. The van der Waals surface area contributed by atoms with Crippen LogP contribution in [0.15, 0.2) is 60.8 Å². The van der Waals surface area contributed by atoms with Gasteiger partial charge in [0.15, 0.2) is 0 Å². The van der Waals surface area contributed by atoms with Crippen molar-refractivity contribution in [2.45, 2.75) is 32.1 Å². The molecule has 0 atom stereocenters. The topological polar surface area (TPSA) is 0 Å². The van der Waals surface area contributed by atoms with Gasteiger partial charge in [0.1, 0.15) is 0 Å². The van der Waals surface area contributed by atoms with Gasteiger partial charge in [0.05, 0.1) is 0 Å². The van der Waals surface area contributed by atoms with E-state index in [0.29, 0.717) is 0 Å². The third-order valence-corrected chi connectivity index (χ3v) is 14.4. The Kier molecular flexibility index (Phi) is 4.47. The van der Waals surface area contributed by atoms with Crippen LogP contribution < -0.4 is 3.27 Å². The fraction of sp³-hybridized carbons (Fsp3) is 0.227. The van der Waals surface area contributed by atoms with Gasteiger partial charge in [-0.05, 0) is 0 Å². The molecule has 124 valence electrons. The van der Waals surface area contributed by atoms with Gasteiger partial charge in [-0.1, -0.05) is 0 Å². The Balaban J connectivity index is 1.73. The van der Waals surface area contributed by atoms with Crippen molar-refractivity contribution < 1.29 is 21.3 Å². The second-order valence-electron chi connectivity index (χ2n) is 7.11. The van der Waals surface area contributed by atoms with Gasteiger partial charge in [0.2, 0.25) is 0 Å². The van der Waals surface area contributed by atoms with Crippen LogP contribution in [-0.4, -0.2) is 3.21 Å². The van der Waals surface area contributed by atoms with Gasteiger partial charge in [-0.15, -0.1) is 0 Å². The van der Waals surface area contributed by atoms with Crippen LogP contribution in [0.1, 0.15) is 36.8 Å². The molecule has 0 saturated heterocycles. The molecule has 0 N–H and O–H groups in total. The molecule has 0 aromatic heterocycles. The first-order valence-corrected chi connectivity index (χ1v) is 14.2. The molecule has 25 heavy (non-hydrogen) atoms. The van der Waals surface area contributed by atoms with Crippen LogP contribution in [0, 0.1) is 0 Å². The van der Waals surface area contributed by atoms with Crippen LogP contribution in [0.25, 0.3) is 11.1 Å². The molecule has 1 saturated carbocycles. The van der Waals surface area contributed by atoms with E-state index in [0.717, 1.165) is 6.42 Å². The molecule has 3 aliphatic carbocycles. The van der Waals surface area contributed by atoms with Crippen LogP contribution in [0.4, 0.5) is 0 Å². The van der Waals surface area contributed by atoms with Gasteiger partial charge in [0.25, 0.3) is 0 Å². The maximum absolute atomic E-state index is 3.83. The van der Waals surface area contributed by atoms with Gasteiger partial charge in [0, 0.05) is 0 Å². The normalized spacial score (nSPS) is 17.2. The van der Waals surface area contributed by atoms with Crippen molar-refractivity contribution in [3.63, 3.8) is 0 Å². The van der Waals surface area contributed by atoms with Gasteiger partial charge in [-0.25, -0.2) is 0 Å². The predicted octanol–water partition coefficient (Wildman–Crippen LogP) is 6.23. The predicted molar refractivity (Wildman–Crippen MR) is 110 cm³/mol. The summed E-state index contributed by atoms with van der Waals surface area (Å²) in [5.41, 5.74) is 5.99. The average Bonchev–Trinajstić information content (AvgIpc) is 3.18. The summed E-state index contributed by atoms with van der Waals surface area (Å²) >= 11 is 5.58. The van der Waals surface area contributed by atoms with Crippen molar-refractivity contribution in [3.05, 3.63) is 71.9 Å². The molecule has 0 spiro atoms. The summed E-state index contributed by atoms with van der Waals surface area (Å²) in [6, 6.07) is 11.6. The van der Waals surface area contributed by atoms with E-state index in [-0.39, 0.29) is 0 Å². The Bertz CT molecular complexity index is 989. The second kappa shape index (κ2) is 6.66. The van der Waals surface area contributed by atoms with Crippen molar-refractivity contribution in [2.75, 3.05) is 0 Å². The Hall–Kier alpha value is -0.367. The van der Waals surface area contributed by atoms with E-state index in [1.807, 2.05) is 3.21 Å². The van der Waals surface area contributed by atoms with Gasteiger partial charge < -0.3 is 0 Å². The summed E-state index contributed by atoms with van der Waals surface area (Å²) in [5.74, 6) is 0. The third-order valence-electron chi connectivity index (χ3n) is 5.62. The number of benzene rings is 2. The molecule has 0 heterocycles. The van der Waals surface area contributed by atoms with E-state index in [4.69, 9.17) is 0 Å². The van der Waals surface area contributed by atoms with Crippen molar-refractivity contribution in [1.82, 2.24) is 0 Å². The molecule has 5 rings (SSSR count). The monoisotopic (exact) mass is 530 g/mol. The summed E-state index contributed by atoms with van der Waals surface area (Å²) in [7, 11) is 0. The third kappa shape index (κ3) is 2.91. The van der Waals surface area contributed by atoms with Gasteiger partial charge in [-0.2, -0.15) is 0 Å². The Morgan fingerprint density at radius 3 is 2.48 bits per heavy atom. The first kappa shape index (κ1) is 16.8. The first-order valence-electron chi connectivity index (χ1n) is 8.90. The number of fused-ring (bicyclic) bond motifs is 3. The van der Waals surface area contributed by atoms with Crippen LogP contribution >= 0.6 is 31.9 Å². The van der Waals surface area contributed by atoms with E-state index in [2.05, 4.69) is 80.4 Å². The number of hydrogen-bond acceptors (Lipinski definition) is 0. The molecular formula is C22H18Br2Zr. The van der Waals surface area contributed by atoms with E-state index < -0.39 is 21.3 Å². The summed E-state index contributed by atoms with van der Waals surface area (Å²) < 4.78 is 7.85. The van der Waals surface area contributed by atoms with Crippen molar-refractivity contribution >= 4 is 38.3 Å². The quantitative estimate of drug-likeness (QED) is 0.367. The molecule has 0 aliphatic heterocycles. The first-order chi connectivity index (χ1) is 12.2. The zero-order chi connectivity index (χ0) is 17.0. The van der Waals surface area contributed by atoms with Gasteiger partial charge in [-0.3, -0.25) is 0 Å². The Morgan fingerprint density at radius 1 is 0.920 bits per heavy atom. The van der Waals surface area contributed by atoms with Crippen molar-refractivity contribution in [3.8, 4) is 11.1 Å². The molecule has 3 heteroatoms. The standard InChI is InChI=1S/C13H7Br2.C5H5.C4H6.Zr/c14-10-3-1-8-5-9-2-4-11(15)7-13(9)12(8)6-10;1-2-4-5-3-1;1-2-4-3-1;/h1,3-4,6-7H,5H2;1-3H,4H2;1-3H2;. The van der Waals surface area contributed by atoms with E-state index in [1.165, 1.54) is 51.3 Å². The summed E-state index contributed by atoms with van der Waals surface area (Å²) in [4.78, 5) is 0.